The van der Waals surface area contributed by atoms with Crippen LogP contribution >= 0.6 is 22.9 Å². The number of hydrogen-bond donors (Lipinski definition) is 0. The summed E-state index contributed by atoms with van der Waals surface area (Å²) in [5, 5.41) is 2.08. The third kappa shape index (κ3) is 3.49. The van der Waals surface area contributed by atoms with Crippen LogP contribution in [0.4, 0.5) is 0 Å². The average Bonchev–Trinajstić information content (AvgIpc) is 2.96. The molecule has 0 bridgehead atoms. The van der Waals surface area contributed by atoms with E-state index in [2.05, 4.69) is 4.74 Å². The van der Waals surface area contributed by atoms with Crippen LogP contribution in [0, 0.1) is 0 Å². The third-order valence-corrected chi connectivity index (χ3v) is 6.09. The molecule has 0 aliphatic carbocycles. The van der Waals surface area contributed by atoms with Crippen LogP contribution in [-0.2, 0) is 21.3 Å². The second kappa shape index (κ2) is 6.78. The van der Waals surface area contributed by atoms with Gasteiger partial charge in [0.15, 0.2) is 0 Å². The molecule has 8 heteroatoms. The maximum Gasteiger partial charge on any atom is 0.349 e. The maximum absolute atomic E-state index is 12.6. The summed E-state index contributed by atoms with van der Waals surface area (Å²) in [5.41, 5.74) is 0.758. The molecule has 0 radical (unpaired) electrons. The van der Waals surface area contributed by atoms with Gasteiger partial charge in [0, 0.05) is 18.6 Å². The minimum absolute atomic E-state index is 0.0473. The number of carbonyl (C=O) groups is 1. The van der Waals surface area contributed by atoms with Crippen LogP contribution < -0.4 is 0 Å². The lowest BCUT2D eigenvalue weighted by atomic mass is 10.2. The fourth-order valence-electron chi connectivity index (χ4n) is 1.89. The highest BCUT2D eigenvalue weighted by Gasteiger charge is 2.28. The second-order valence-electron chi connectivity index (χ2n) is 4.50. The molecule has 0 saturated carbocycles. The lowest BCUT2D eigenvalue weighted by molar-refractivity contribution is 0.0602. The number of halogens is 1. The first-order chi connectivity index (χ1) is 10.4. The Kier molecular flexibility index (Phi) is 5.23. The van der Waals surface area contributed by atoms with E-state index in [1.165, 1.54) is 24.5 Å². The van der Waals surface area contributed by atoms with E-state index >= 15 is 0 Å². The molecule has 0 fully saturated rings. The van der Waals surface area contributed by atoms with Gasteiger partial charge < -0.3 is 4.74 Å². The van der Waals surface area contributed by atoms with Crippen molar-refractivity contribution in [3.8, 4) is 0 Å². The molecule has 22 heavy (non-hydrogen) atoms. The van der Waals surface area contributed by atoms with Crippen molar-refractivity contribution in [1.29, 1.82) is 0 Å². The molecule has 0 aliphatic heterocycles. The van der Waals surface area contributed by atoms with Crippen molar-refractivity contribution in [2.24, 2.45) is 0 Å². The van der Waals surface area contributed by atoms with Crippen LogP contribution in [0.1, 0.15) is 15.2 Å². The molecule has 1 heterocycles. The first-order valence-corrected chi connectivity index (χ1v) is 8.92. The van der Waals surface area contributed by atoms with Gasteiger partial charge in [-0.3, -0.25) is 0 Å². The summed E-state index contributed by atoms with van der Waals surface area (Å²) in [7, 11) is -1.12. The zero-order chi connectivity index (χ0) is 16.3. The van der Waals surface area contributed by atoms with Gasteiger partial charge in [-0.1, -0.05) is 23.7 Å². The minimum atomic E-state index is -3.79. The predicted molar refractivity (Wildman–Crippen MR) is 85.8 cm³/mol. The zero-order valence-corrected chi connectivity index (χ0v) is 14.3. The van der Waals surface area contributed by atoms with Gasteiger partial charge in [-0.15, -0.1) is 11.3 Å². The van der Waals surface area contributed by atoms with Gasteiger partial charge in [0.1, 0.15) is 9.77 Å². The smallest absolute Gasteiger partial charge is 0.349 e. The summed E-state index contributed by atoms with van der Waals surface area (Å²) in [4.78, 5) is 11.7. The SMILES string of the molecule is COC(=O)c1sccc1S(=O)(=O)N(C)Cc1cccc(Cl)c1. The summed E-state index contributed by atoms with van der Waals surface area (Å²) >= 11 is 6.93. The van der Waals surface area contributed by atoms with E-state index in [9.17, 15) is 13.2 Å². The Labute approximate surface area is 138 Å². The highest BCUT2D eigenvalue weighted by Crippen LogP contribution is 2.26. The molecule has 1 aromatic carbocycles. The first-order valence-electron chi connectivity index (χ1n) is 6.23. The summed E-state index contributed by atoms with van der Waals surface area (Å²) < 4.78 is 31.0. The van der Waals surface area contributed by atoms with Crippen molar-refractivity contribution < 1.29 is 17.9 Å². The van der Waals surface area contributed by atoms with Crippen molar-refractivity contribution in [2.45, 2.75) is 11.4 Å². The standard InChI is InChI=1S/C14H14ClNO4S2/c1-16(9-10-4-3-5-11(15)8-10)22(18,19)12-6-7-21-13(12)14(17)20-2/h3-8H,9H2,1-2H3. The molecule has 0 spiro atoms. The Hall–Kier alpha value is -1.41. The summed E-state index contributed by atoms with van der Waals surface area (Å²) in [5.74, 6) is -0.662. The van der Waals surface area contributed by atoms with Crippen molar-refractivity contribution in [2.75, 3.05) is 14.2 Å². The number of ether oxygens (including phenoxy) is 1. The topological polar surface area (TPSA) is 63.7 Å². The Bertz CT molecular complexity index is 786. The van der Waals surface area contributed by atoms with Gasteiger partial charge in [-0.25, -0.2) is 13.2 Å². The van der Waals surface area contributed by atoms with Gasteiger partial charge in [0.05, 0.1) is 7.11 Å². The number of esters is 1. The van der Waals surface area contributed by atoms with Crippen molar-refractivity contribution in [1.82, 2.24) is 4.31 Å². The van der Waals surface area contributed by atoms with Crippen LogP contribution in [0.3, 0.4) is 0 Å². The van der Waals surface area contributed by atoms with Gasteiger partial charge in [-0.05, 0) is 29.1 Å². The summed E-state index contributed by atoms with van der Waals surface area (Å²) in [6.45, 7) is 0.152. The quantitative estimate of drug-likeness (QED) is 0.770. The highest BCUT2D eigenvalue weighted by molar-refractivity contribution is 7.89. The van der Waals surface area contributed by atoms with E-state index in [0.717, 1.165) is 16.9 Å². The molecule has 0 atom stereocenters. The van der Waals surface area contributed by atoms with E-state index in [-0.39, 0.29) is 16.3 Å². The molecule has 2 aromatic rings. The normalized spacial score (nSPS) is 11.6. The van der Waals surface area contributed by atoms with E-state index in [4.69, 9.17) is 11.6 Å². The molecule has 0 saturated heterocycles. The Balaban J connectivity index is 2.30. The first kappa shape index (κ1) is 17.0. The lowest BCUT2D eigenvalue weighted by Gasteiger charge is -2.17. The van der Waals surface area contributed by atoms with E-state index < -0.39 is 16.0 Å². The lowest BCUT2D eigenvalue weighted by Crippen LogP contribution is -2.27. The van der Waals surface area contributed by atoms with Crippen LogP contribution in [-0.4, -0.2) is 32.8 Å². The highest BCUT2D eigenvalue weighted by atomic mass is 35.5. The Morgan fingerprint density at radius 3 is 2.73 bits per heavy atom. The summed E-state index contributed by atoms with van der Waals surface area (Å²) in [6.07, 6.45) is 0. The van der Waals surface area contributed by atoms with Crippen LogP contribution in [0.25, 0.3) is 0 Å². The largest absolute Gasteiger partial charge is 0.465 e. The van der Waals surface area contributed by atoms with Gasteiger partial charge in [0.2, 0.25) is 10.0 Å². The Morgan fingerprint density at radius 2 is 2.09 bits per heavy atom. The zero-order valence-electron chi connectivity index (χ0n) is 11.9. The monoisotopic (exact) mass is 359 g/mol. The van der Waals surface area contributed by atoms with E-state index in [1.807, 2.05) is 0 Å². The average molecular weight is 360 g/mol. The van der Waals surface area contributed by atoms with Crippen LogP contribution in [0.15, 0.2) is 40.6 Å². The fraction of sp³-hybridized carbons (Fsp3) is 0.214. The third-order valence-electron chi connectivity index (χ3n) is 2.98. The molecule has 0 unspecified atom stereocenters. The number of thiophene rings is 1. The fourth-order valence-corrected chi connectivity index (χ4v) is 4.56. The molecule has 0 amide bonds. The number of hydrogen-bond acceptors (Lipinski definition) is 5. The molecule has 0 aliphatic rings. The number of nitrogens with zero attached hydrogens (tertiary/aromatic N) is 1. The second-order valence-corrected chi connectivity index (χ2v) is 7.86. The number of methoxy groups -OCH3 is 1. The number of carbonyl (C=O) groups excluding carboxylic acids is 1. The maximum atomic E-state index is 12.6. The van der Waals surface area contributed by atoms with Gasteiger partial charge in [0.25, 0.3) is 0 Å². The molecule has 5 nitrogen and oxygen atoms in total. The number of sulfonamides is 1. The predicted octanol–water partition coefficient (Wildman–Crippen LogP) is 3.01. The summed E-state index contributed by atoms with van der Waals surface area (Å²) in [6, 6.07) is 8.35. The van der Waals surface area contributed by atoms with Gasteiger partial charge >= 0.3 is 5.97 Å². The molecule has 1 aromatic heterocycles. The Morgan fingerprint density at radius 1 is 1.36 bits per heavy atom. The molecule has 0 N–H and O–H groups in total. The van der Waals surface area contributed by atoms with Crippen molar-refractivity contribution in [3.05, 3.63) is 51.2 Å². The van der Waals surface area contributed by atoms with Gasteiger partial charge in [-0.2, -0.15) is 4.31 Å². The molecular weight excluding hydrogens is 346 g/mol. The minimum Gasteiger partial charge on any atom is -0.465 e. The van der Waals surface area contributed by atoms with Crippen molar-refractivity contribution in [3.63, 3.8) is 0 Å². The number of benzene rings is 1. The molecular formula is C14H14ClNO4S2. The van der Waals surface area contributed by atoms with Crippen LogP contribution in [0.2, 0.25) is 5.02 Å². The van der Waals surface area contributed by atoms with Crippen molar-refractivity contribution >= 4 is 38.9 Å². The van der Waals surface area contributed by atoms with E-state index in [0.29, 0.717) is 5.02 Å². The molecule has 2 rings (SSSR count). The molecule has 118 valence electrons. The van der Waals surface area contributed by atoms with Crippen LogP contribution in [0.5, 0.6) is 0 Å². The number of rotatable bonds is 5. The van der Waals surface area contributed by atoms with E-state index in [1.54, 1.807) is 29.6 Å².